The van der Waals surface area contributed by atoms with Crippen LogP contribution in [0.2, 0.25) is 0 Å². The highest BCUT2D eigenvalue weighted by Gasteiger charge is 2.76. The number of fused-ring (bicyclic) bond motifs is 2. The lowest BCUT2D eigenvalue weighted by atomic mass is 9.79. The number of amides is 3. The van der Waals surface area contributed by atoms with E-state index in [0.717, 1.165) is 21.6 Å². The van der Waals surface area contributed by atoms with Gasteiger partial charge in [0.2, 0.25) is 11.8 Å². The first-order valence-corrected chi connectivity index (χ1v) is 15.7. The van der Waals surface area contributed by atoms with Gasteiger partial charge in [-0.25, -0.2) is 18.0 Å². The minimum Gasteiger partial charge on any atom is -0.480 e. The summed E-state index contributed by atoms with van der Waals surface area (Å²) in [5, 5.41) is 10.4. The highest BCUT2D eigenvalue weighted by molar-refractivity contribution is 8.01. The topological polar surface area (TPSA) is 219 Å². The Morgan fingerprint density at radius 1 is 1.12 bits per heavy atom. The Morgan fingerprint density at radius 3 is 2.29 bits per heavy atom. The lowest BCUT2D eigenvalue weighted by molar-refractivity contribution is -0.187. The zero-order valence-electron chi connectivity index (χ0n) is 23.3. The number of ether oxygens (including phenoxy) is 1. The number of esters is 1. The molecule has 16 heteroatoms. The van der Waals surface area contributed by atoms with Crippen molar-refractivity contribution in [2.45, 2.75) is 84.1 Å². The second kappa shape index (κ2) is 9.65. The Labute approximate surface area is 246 Å². The molecule has 1 aromatic rings. The van der Waals surface area contributed by atoms with E-state index < -0.39 is 96.1 Å². The van der Waals surface area contributed by atoms with Gasteiger partial charge < -0.3 is 36.4 Å². The molecule has 0 radical (unpaired) electrons. The number of nitrogens with one attached hydrogen (secondary N) is 1. The van der Waals surface area contributed by atoms with Gasteiger partial charge in [-0.3, -0.25) is 14.4 Å². The van der Waals surface area contributed by atoms with Gasteiger partial charge in [-0.2, -0.15) is 0 Å². The van der Waals surface area contributed by atoms with E-state index in [1.54, 1.807) is 44.2 Å². The largest absolute Gasteiger partial charge is 0.480 e. The van der Waals surface area contributed by atoms with Crippen molar-refractivity contribution >= 4 is 51.3 Å². The Bertz CT molecular complexity index is 1480. The SMILES string of the molecule is CC1(C)S[C@H]2N(C(=O)C2(NC(=O)C(N)c2ccccc2)C(CN)OC(=O)[C@@H]2N3C(=O)C[C@H]3S(=O)(=O)C2(C)C)[C@H]1C(=O)O. The molecule has 0 saturated carbocycles. The van der Waals surface area contributed by atoms with Gasteiger partial charge in [0.15, 0.2) is 15.4 Å². The van der Waals surface area contributed by atoms with Crippen molar-refractivity contribution in [3.8, 4) is 0 Å². The molecule has 6 N–H and O–H groups in total. The Morgan fingerprint density at radius 2 is 1.74 bits per heavy atom. The van der Waals surface area contributed by atoms with Crippen LogP contribution in [0.1, 0.15) is 45.7 Å². The van der Waals surface area contributed by atoms with Crippen molar-refractivity contribution in [1.29, 1.82) is 0 Å². The summed E-state index contributed by atoms with van der Waals surface area (Å²) >= 11 is 1.09. The summed E-state index contributed by atoms with van der Waals surface area (Å²) < 4.78 is 29.2. The van der Waals surface area contributed by atoms with Gasteiger partial charge in [-0.15, -0.1) is 11.8 Å². The molecule has 4 heterocycles. The van der Waals surface area contributed by atoms with Crippen LogP contribution in [0.25, 0.3) is 0 Å². The summed E-state index contributed by atoms with van der Waals surface area (Å²) in [6, 6.07) is 4.28. The standard InChI is InChI=1S/C26H33N5O9S2/c1-24(2)17(20(34)35)31-22(37)26(23(31)41-24,29-19(33)16(28)12-8-6-5-7-9-12)13(11-27)40-21(36)18-25(3,4)42(38,39)15-10-14(32)30(15)18/h5-9,13,15-18,23H,10-11,27-28H2,1-4H3,(H,29,33)(H,34,35)/t13?,15-,16?,17+,18+,23-,26?/m1/s1. The number of carboxylic acid groups (broad SMARTS) is 1. The van der Waals surface area contributed by atoms with E-state index in [4.69, 9.17) is 16.2 Å². The summed E-state index contributed by atoms with van der Waals surface area (Å²) in [5.74, 6) is -4.56. The number of benzene rings is 1. The smallest absolute Gasteiger partial charge is 0.330 e. The average molecular weight is 624 g/mol. The van der Waals surface area contributed by atoms with Crippen LogP contribution in [-0.2, 0) is 38.5 Å². The number of sulfone groups is 1. The van der Waals surface area contributed by atoms with Crippen LogP contribution in [0.15, 0.2) is 30.3 Å². The third-order valence-electron chi connectivity index (χ3n) is 8.77. The van der Waals surface area contributed by atoms with E-state index in [-0.39, 0.29) is 6.42 Å². The molecule has 0 aliphatic carbocycles. The molecule has 14 nitrogen and oxygen atoms in total. The third kappa shape index (κ3) is 3.91. The molecule has 4 aliphatic heterocycles. The molecule has 4 aliphatic rings. The number of aliphatic carboxylic acids is 1. The Kier molecular flexibility index (Phi) is 6.95. The molecule has 4 fully saturated rings. The summed E-state index contributed by atoms with van der Waals surface area (Å²) in [4.78, 5) is 67.8. The minimum atomic E-state index is -3.94. The second-order valence-corrected chi connectivity index (χ2v) is 16.4. The normalized spacial score (nSPS) is 33.0. The molecule has 0 aromatic heterocycles. The van der Waals surface area contributed by atoms with Gasteiger partial charge in [0.25, 0.3) is 5.91 Å². The van der Waals surface area contributed by atoms with Crippen molar-refractivity contribution in [2.75, 3.05) is 6.54 Å². The molecule has 0 spiro atoms. The summed E-state index contributed by atoms with van der Waals surface area (Å²) in [6.45, 7) is 5.40. The zero-order chi connectivity index (χ0) is 31.2. The molecule has 4 saturated heterocycles. The fourth-order valence-corrected chi connectivity index (χ4v) is 10.3. The van der Waals surface area contributed by atoms with Gasteiger partial charge in [0.1, 0.15) is 35.0 Å². The molecule has 3 amide bonds. The average Bonchev–Trinajstić information content (AvgIpc) is 3.26. The number of nitrogens with two attached hydrogens (primary N) is 2. The van der Waals surface area contributed by atoms with E-state index in [1.165, 1.54) is 13.8 Å². The molecular formula is C26H33N5O9S2. The molecule has 1 aromatic carbocycles. The number of carboxylic acids is 1. The van der Waals surface area contributed by atoms with Crippen LogP contribution < -0.4 is 16.8 Å². The van der Waals surface area contributed by atoms with Crippen LogP contribution in [0.3, 0.4) is 0 Å². The van der Waals surface area contributed by atoms with Crippen molar-refractivity contribution in [3.05, 3.63) is 35.9 Å². The number of thioether (sulfide) groups is 1. The second-order valence-electron chi connectivity index (χ2n) is 11.9. The maximum absolute atomic E-state index is 14.0. The van der Waals surface area contributed by atoms with E-state index in [0.29, 0.717) is 5.56 Å². The number of rotatable bonds is 8. The van der Waals surface area contributed by atoms with E-state index in [2.05, 4.69) is 5.32 Å². The van der Waals surface area contributed by atoms with Crippen LogP contribution in [0.5, 0.6) is 0 Å². The van der Waals surface area contributed by atoms with Gasteiger partial charge >= 0.3 is 11.9 Å². The first-order valence-electron chi connectivity index (χ1n) is 13.3. The van der Waals surface area contributed by atoms with Crippen molar-refractivity contribution < 1.29 is 42.2 Å². The number of β-lactam (4-membered cyclic amide) rings is 2. The van der Waals surface area contributed by atoms with Gasteiger partial charge in [0, 0.05) is 11.3 Å². The summed E-state index contributed by atoms with van der Waals surface area (Å²) in [5.41, 5.74) is 10.7. The summed E-state index contributed by atoms with van der Waals surface area (Å²) in [7, 11) is -3.94. The Hall–Kier alpha value is -3.21. The van der Waals surface area contributed by atoms with E-state index >= 15 is 0 Å². The van der Waals surface area contributed by atoms with Crippen LogP contribution in [0, 0.1) is 0 Å². The van der Waals surface area contributed by atoms with E-state index in [9.17, 15) is 37.5 Å². The molecule has 5 rings (SSSR count). The number of nitrogens with zero attached hydrogens (tertiary/aromatic N) is 2. The maximum Gasteiger partial charge on any atom is 0.330 e. The fourth-order valence-electron chi connectivity index (χ4n) is 6.41. The van der Waals surface area contributed by atoms with Gasteiger partial charge in [0.05, 0.1) is 11.2 Å². The third-order valence-corrected chi connectivity index (χ3v) is 13.2. The highest BCUT2D eigenvalue weighted by atomic mass is 32.2. The lowest BCUT2D eigenvalue weighted by Gasteiger charge is -2.55. The predicted molar refractivity (Wildman–Crippen MR) is 149 cm³/mol. The first kappa shape index (κ1) is 30.3. The Balaban J connectivity index is 1.52. The maximum atomic E-state index is 14.0. The molecule has 3 unspecified atom stereocenters. The first-order chi connectivity index (χ1) is 19.4. The van der Waals surface area contributed by atoms with Crippen molar-refractivity contribution in [2.24, 2.45) is 11.5 Å². The highest BCUT2D eigenvalue weighted by Crippen LogP contribution is 2.56. The van der Waals surface area contributed by atoms with Crippen molar-refractivity contribution in [1.82, 2.24) is 15.1 Å². The summed E-state index contributed by atoms with van der Waals surface area (Å²) in [6.07, 6.45) is -1.82. The molecule has 7 atom stereocenters. The van der Waals surface area contributed by atoms with Gasteiger partial charge in [-0.05, 0) is 33.3 Å². The van der Waals surface area contributed by atoms with Crippen molar-refractivity contribution in [3.63, 3.8) is 0 Å². The van der Waals surface area contributed by atoms with Crippen LogP contribution in [-0.4, -0.2) is 103 Å². The number of hydrogen-bond acceptors (Lipinski definition) is 11. The number of hydrogen-bond donors (Lipinski definition) is 4. The van der Waals surface area contributed by atoms with E-state index in [1.807, 2.05) is 0 Å². The van der Waals surface area contributed by atoms with Crippen LogP contribution in [0.4, 0.5) is 0 Å². The lowest BCUT2D eigenvalue weighted by Crippen LogP contribution is -2.85. The zero-order valence-corrected chi connectivity index (χ0v) is 25.0. The molecule has 0 bridgehead atoms. The molecular weight excluding hydrogens is 590 g/mol. The number of carbonyl (C=O) groups excluding carboxylic acids is 4. The quantitative estimate of drug-likeness (QED) is 0.196. The minimum absolute atomic E-state index is 0.259. The fraction of sp³-hybridized carbons (Fsp3) is 0.577. The van der Waals surface area contributed by atoms with Gasteiger partial charge in [-0.1, -0.05) is 30.3 Å². The van der Waals surface area contributed by atoms with Crippen LogP contribution >= 0.6 is 11.8 Å². The monoisotopic (exact) mass is 623 g/mol. The predicted octanol–water partition coefficient (Wildman–Crippen LogP) is -1.31. The molecule has 228 valence electrons. The number of carbonyl (C=O) groups is 5. The molecule has 42 heavy (non-hydrogen) atoms.